The van der Waals surface area contributed by atoms with E-state index in [-0.39, 0.29) is 13.0 Å². The van der Waals surface area contributed by atoms with Gasteiger partial charge in [0.25, 0.3) is 5.92 Å². The highest BCUT2D eigenvalue weighted by Gasteiger charge is 2.57. The van der Waals surface area contributed by atoms with E-state index in [1.54, 1.807) is 0 Å². The summed E-state index contributed by atoms with van der Waals surface area (Å²) in [5, 5.41) is 9.99. The fourth-order valence-electron chi connectivity index (χ4n) is 3.03. The molecule has 0 radical (unpaired) electrons. The predicted molar refractivity (Wildman–Crippen MR) is 94.1 cm³/mol. The smallest absolute Gasteiger partial charge is 0.281 e. The number of unbranched alkanes of at least 4 members (excludes halogenated alkanes) is 3. The number of halogens is 2. The van der Waals surface area contributed by atoms with Crippen molar-refractivity contribution in [3.8, 4) is 0 Å². The van der Waals surface area contributed by atoms with Crippen LogP contribution in [0, 0.1) is 5.92 Å². The molecule has 0 bridgehead atoms. The minimum atomic E-state index is -3.23. The summed E-state index contributed by atoms with van der Waals surface area (Å²) in [6.07, 6.45) is 2.28. The van der Waals surface area contributed by atoms with Crippen molar-refractivity contribution in [1.29, 1.82) is 0 Å². The molecule has 6 heteroatoms. The van der Waals surface area contributed by atoms with E-state index < -0.39 is 30.2 Å². The van der Waals surface area contributed by atoms with Gasteiger partial charge in [-0.2, -0.15) is 0 Å². The molecule has 1 aliphatic rings. The van der Waals surface area contributed by atoms with Crippen LogP contribution in [0.4, 0.5) is 8.78 Å². The maximum atomic E-state index is 14.6. The van der Waals surface area contributed by atoms with Gasteiger partial charge in [-0.1, -0.05) is 40.0 Å². The maximum Gasteiger partial charge on any atom is 0.281 e. The van der Waals surface area contributed by atoms with Gasteiger partial charge >= 0.3 is 0 Å². The Morgan fingerprint density at radius 2 is 1.48 bits per heavy atom. The largest absolute Gasteiger partial charge is 0.387 e. The second-order valence-electron chi connectivity index (χ2n) is 6.91. The first kappa shape index (κ1) is 22.7. The summed E-state index contributed by atoms with van der Waals surface area (Å²) in [7, 11) is 0. The molecule has 0 heterocycles. The van der Waals surface area contributed by atoms with Crippen molar-refractivity contribution in [1.82, 2.24) is 0 Å². The minimum Gasteiger partial charge on any atom is -0.387 e. The van der Waals surface area contributed by atoms with Crippen molar-refractivity contribution < 1.29 is 28.1 Å². The number of rotatable bonds is 13. The van der Waals surface area contributed by atoms with Crippen molar-refractivity contribution in [2.24, 2.45) is 5.92 Å². The molecular formula is C19H36F2O4. The van der Waals surface area contributed by atoms with Crippen LogP contribution in [0.2, 0.25) is 0 Å². The average molecular weight is 366 g/mol. The normalized spacial score (nSPS) is 29.0. The van der Waals surface area contributed by atoms with Gasteiger partial charge in [0.2, 0.25) is 0 Å². The summed E-state index contributed by atoms with van der Waals surface area (Å²) in [4.78, 5) is 0. The van der Waals surface area contributed by atoms with E-state index in [1.807, 2.05) is 20.8 Å². The second-order valence-corrected chi connectivity index (χ2v) is 6.91. The van der Waals surface area contributed by atoms with E-state index in [2.05, 4.69) is 0 Å². The molecule has 1 N–H and O–H groups in total. The second kappa shape index (κ2) is 12.2. The van der Waals surface area contributed by atoms with Crippen LogP contribution in [0.1, 0.15) is 65.7 Å². The highest BCUT2D eigenvalue weighted by Crippen LogP contribution is 2.41. The van der Waals surface area contributed by atoms with Crippen LogP contribution in [0.5, 0.6) is 0 Å². The van der Waals surface area contributed by atoms with Crippen molar-refractivity contribution in [2.75, 3.05) is 26.4 Å². The van der Waals surface area contributed by atoms with E-state index >= 15 is 0 Å². The van der Waals surface area contributed by atoms with Crippen molar-refractivity contribution in [2.45, 2.75) is 90.0 Å². The third kappa shape index (κ3) is 7.08. The van der Waals surface area contributed by atoms with Crippen LogP contribution >= 0.6 is 0 Å². The molecule has 25 heavy (non-hydrogen) atoms. The van der Waals surface area contributed by atoms with Crippen LogP contribution < -0.4 is 0 Å². The Labute approximate surface area is 151 Å². The summed E-state index contributed by atoms with van der Waals surface area (Å²) in [5.41, 5.74) is 0. The lowest BCUT2D eigenvalue weighted by Crippen LogP contribution is -2.59. The van der Waals surface area contributed by atoms with Gasteiger partial charge in [0.1, 0.15) is 6.10 Å². The molecule has 150 valence electrons. The Balaban J connectivity index is 2.81. The molecule has 1 fully saturated rings. The van der Waals surface area contributed by atoms with Crippen molar-refractivity contribution >= 4 is 0 Å². The maximum absolute atomic E-state index is 14.6. The molecule has 0 amide bonds. The fourth-order valence-corrected chi connectivity index (χ4v) is 3.03. The first-order valence-electron chi connectivity index (χ1n) is 9.85. The quantitative estimate of drug-likeness (QED) is 0.497. The zero-order chi connectivity index (χ0) is 18.7. The van der Waals surface area contributed by atoms with Gasteiger partial charge in [-0.05, 0) is 19.3 Å². The Kier molecular flexibility index (Phi) is 11.1. The number of aliphatic hydroxyl groups excluding tert-OH is 1. The molecule has 0 spiro atoms. The first-order valence-corrected chi connectivity index (χ1v) is 9.85. The summed E-state index contributed by atoms with van der Waals surface area (Å²) < 4.78 is 46.4. The Bertz CT molecular complexity index is 341. The Morgan fingerprint density at radius 1 is 0.920 bits per heavy atom. The molecule has 0 aromatic carbocycles. The van der Waals surface area contributed by atoms with Gasteiger partial charge in [0.05, 0.1) is 24.7 Å². The SMILES string of the molecule is CCCCOC[C@@H]1[C@@H](OCCCC)[C@H](OCCCC)C[C@H](O)C1(F)F. The first-order chi connectivity index (χ1) is 12.0. The minimum absolute atomic E-state index is 0.0982. The molecule has 0 aliphatic heterocycles. The molecule has 1 saturated carbocycles. The number of hydrogen-bond donors (Lipinski definition) is 1. The fraction of sp³-hybridized carbons (Fsp3) is 1.00. The number of alkyl halides is 2. The van der Waals surface area contributed by atoms with Crippen LogP contribution in [0.15, 0.2) is 0 Å². The summed E-state index contributed by atoms with van der Waals surface area (Å²) in [6.45, 7) is 7.35. The van der Waals surface area contributed by atoms with Crippen LogP contribution in [0.3, 0.4) is 0 Å². The standard InChI is InChI=1S/C19H36F2O4/c1-4-7-10-23-14-15-18(25-12-9-6-3)16(24-11-8-5-2)13-17(22)19(15,20)21/h15-18,22H,4-14H2,1-3H3/t15-,16-,17+,18-/m1/s1. The zero-order valence-corrected chi connectivity index (χ0v) is 16.0. The summed E-state index contributed by atoms with van der Waals surface area (Å²) in [5.74, 6) is -4.41. The molecule has 0 unspecified atom stereocenters. The molecule has 0 aromatic rings. The zero-order valence-electron chi connectivity index (χ0n) is 16.0. The van der Waals surface area contributed by atoms with E-state index in [0.29, 0.717) is 19.8 Å². The van der Waals surface area contributed by atoms with Crippen LogP contribution in [0.25, 0.3) is 0 Å². The highest BCUT2D eigenvalue weighted by molar-refractivity contribution is 4.99. The lowest BCUT2D eigenvalue weighted by atomic mass is 9.79. The van der Waals surface area contributed by atoms with Gasteiger partial charge in [0.15, 0.2) is 0 Å². The lowest BCUT2D eigenvalue weighted by molar-refractivity contribution is -0.255. The van der Waals surface area contributed by atoms with E-state index in [1.165, 1.54) is 0 Å². The predicted octanol–water partition coefficient (Wildman–Crippen LogP) is 4.19. The van der Waals surface area contributed by atoms with Gasteiger partial charge in [0, 0.05) is 26.2 Å². The van der Waals surface area contributed by atoms with Crippen molar-refractivity contribution in [3.63, 3.8) is 0 Å². The van der Waals surface area contributed by atoms with Gasteiger partial charge < -0.3 is 19.3 Å². The molecule has 1 aliphatic carbocycles. The number of ether oxygens (including phenoxy) is 3. The number of aliphatic hydroxyl groups is 1. The molecule has 1 rings (SSSR count). The van der Waals surface area contributed by atoms with Gasteiger partial charge in [-0.15, -0.1) is 0 Å². The molecule has 4 atom stereocenters. The molecular weight excluding hydrogens is 330 g/mol. The van der Waals surface area contributed by atoms with Crippen LogP contribution in [-0.4, -0.2) is 55.8 Å². The molecule has 0 aromatic heterocycles. The Hall–Kier alpha value is -0.300. The third-order valence-electron chi connectivity index (χ3n) is 4.73. The van der Waals surface area contributed by atoms with E-state index in [9.17, 15) is 13.9 Å². The van der Waals surface area contributed by atoms with Gasteiger partial charge in [-0.3, -0.25) is 0 Å². The van der Waals surface area contributed by atoms with E-state index in [0.717, 1.165) is 38.5 Å². The average Bonchev–Trinajstić information content (AvgIpc) is 2.58. The third-order valence-corrected chi connectivity index (χ3v) is 4.73. The Morgan fingerprint density at radius 3 is 2.08 bits per heavy atom. The highest BCUT2D eigenvalue weighted by atomic mass is 19.3. The van der Waals surface area contributed by atoms with Gasteiger partial charge in [-0.25, -0.2) is 8.78 Å². The van der Waals surface area contributed by atoms with E-state index in [4.69, 9.17) is 14.2 Å². The molecule has 0 saturated heterocycles. The van der Waals surface area contributed by atoms with Crippen LogP contribution in [-0.2, 0) is 14.2 Å². The summed E-state index contributed by atoms with van der Waals surface area (Å²) in [6, 6.07) is 0. The number of hydrogen-bond acceptors (Lipinski definition) is 4. The lowest BCUT2D eigenvalue weighted by Gasteiger charge is -2.44. The topological polar surface area (TPSA) is 47.9 Å². The molecule has 4 nitrogen and oxygen atoms in total. The summed E-state index contributed by atoms with van der Waals surface area (Å²) >= 11 is 0. The van der Waals surface area contributed by atoms with Crippen molar-refractivity contribution in [3.05, 3.63) is 0 Å². The monoisotopic (exact) mass is 366 g/mol.